The van der Waals surface area contributed by atoms with Gasteiger partial charge < -0.3 is 14.2 Å². The molecule has 1 heterocycles. The van der Waals surface area contributed by atoms with Crippen LogP contribution in [-0.4, -0.2) is 41.1 Å². The number of nitriles is 1. The van der Waals surface area contributed by atoms with Gasteiger partial charge in [-0.3, -0.25) is 14.9 Å². The first kappa shape index (κ1) is 28.8. The van der Waals surface area contributed by atoms with Crippen LogP contribution in [0, 0.1) is 28.4 Å². The van der Waals surface area contributed by atoms with Crippen molar-refractivity contribution in [1.82, 2.24) is 9.66 Å². The number of hydrogen-bond donors (Lipinski definition) is 0. The monoisotopic (exact) mass is 555 g/mol. The average molecular weight is 556 g/mol. The molecule has 0 N–H and O–H groups in total. The van der Waals surface area contributed by atoms with E-state index >= 15 is 0 Å². The molecule has 11 heteroatoms. The highest BCUT2D eigenvalue weighted by Crippen LogP contribution is 2.38. The minimum atomic E-state index is -0.629. The van der Waals surface area contributed by atoms with Gasteiger partial charge in [0.05, 0.1) is 35.8 Å². The fraction of sp³-hybridized carbons (Fsp3) is 0.267. The van der Waals surface area contributed by atoms with Gasteiger partial charge in [-0.25, -0.2) is 4.98 Å². The molecule has 0 aliphatic heterocycles. The van der Waals surface area contributed by atoms with Gasteiger partial charge in [0.2, 0.25) is 5.75 Å². The first-order chi connectivity index (χ1) is 19.7. The molecular formula is C30H29N5O6. The number of fused-ring (bicyclic) bond motifs is 1. The number of nitro benzene ring substituents is 1. The molecule has 0 atom stereocenters. The molecule has 0 amide bonds. The molecule has 0 aliphatic carbocycles. The highest BCUT2D eigenvalue weighted by atomic mass is 16.6. The Morgan fingerprint density at radius 1 is 1.17 bits per heavy atom. The van der Waals surface area contributed by atoms with E-state index in [1.165, 1.54) is 23.0 Å². The van der Waals surface area contributed by atoms with Crippen molar-refractivity contribution in [2.45, 2.75) is 33.6 Å². The molecule has 41 heavy (non-hydrogen) atoms. The van der Waals surface area contributed by atoms with Crippen molar-refractivity contribution >= 4 is 22.8 Å². The average Bonchev–Trinajstić information content (AvgIpc) is 2.95. The maximum absolute atomic E-state index is 13.7. The molecule has 0 saturated heterocycles. The fourth-order valence-electron chi connectivity index (χ4n) is 4.43. The van der Waals surface area contributed by atoms with Crippen LogP contribution in [-0.2, 0) is 0 Å². The van der Waals surface area contributed by atoms with Crippen molar-refractivity contribution in [2.24, 2.45) is 5.10 Å². The minimum Gasteiger partial charge on any atom is -0.496 e. The Bertz CT molecular complexity index is 1750. The first-order valence-corrected chi connectivity index (χ1v) is 12.9. The van der Waals surface area contributed by atoms with Gasteiger partial charge in [-0.05, 0) is 61.2 Å². The van der Waals surface area contributed by atoms with Crippen LogP contribution < -0.4 is 19.8 Å². The van der Waals surface area contributed by atoms with Crippen LogP contribution >= 0.6 is 0 Å². The molecule has 210 valence electrons. The Kier molecular flexibility index (Phi) is 8.63. The Balaban J connectivity index is 1.96. The van der Waals surface area contributed by atoms with Crippen LogP contribution in [0.2, 0.25) is 0 Å². The number of nitro groups is 1. The number of ether oxygens (including phenoxy) is 3. The highest BCUT2D eigenvalue weighted by molar-refractivity contribution is 5.84. The van der Waals surface area contributed by atoms with Crippen molar-refractivity contribution in [2.75, 3.05) is 20.3 Å². The van der Waals surface area contributed by atoms with Crippen molar-refractivity contribution in [3.05, 3.63) is 85.7 Å². The van der Waals surface area contributed by atoms with E-state index in [-0.39, 0.29) is 29.6 Å². The fourth-order valence-corrected chi connectivity index (χ4v) is 4.43. The zero-order chi connectivity index (χ0) is 29.7. The van der Waals surface area contributed by atoms with Crippen LogP contribution in [0.15, 0.2) is 58.4 Å². The van der Waals surface area contributed by atoms with E-state index in [1.807, 2.05) is 32.9 Å². The van der Waals surface area contributed by atoms with Gasteiger partial charge in [0.1, 0.15) is 11.8 Å². The number of nitrogens with zero attached hydrogens (tertiary/aromatic N) is 5. The quantitative estimate of drug-likeness (QED) is 0.140. The van der Waals surface area contributed by atoms with Crippen molar-refractivity contribution in [1.29, 1.82) is 5.26 Å². The largest absolute Gasteiger partial charge is 0.496 e. The zero-order valence-corrected chi connectivity index (χ0v) is 23.4. The molecule has 0 saturated carbocycles. The summed E-state index contributed by atoms with van der Waals surface area (Å²) < 4.78 is 17.7. The van der Waals surface area contributed by atoms with E-state index in [4.69, 9.17) is 24.5 Å². The lowest BCUT2D eigenvalue weighted by Gasteiger charge is -2.17. The van der Waals surface area contributed by atoms with Crippen molar-refractivity contribution in [3.63, 3.8) is 0 Å². The summed E-state index contributed by atoms with van der Waals surface area (Å²) in [4.78, 5) is 29.7. The number of para-hydroxylation sites is 1. The maximum atomic E-state index is 13.7. The Morgan fingerprint density at radius 3 is 2.59 bits per heavy atom. The third-order valence-electron chi connectivity index (χ3n) is 6.35. The Hall–Kier alpha value is -5.24. The summed E-state index contributed by atoms with van der Waals surface area (Å²) in [6.45, 7) is 7.51. The second-order valence-corrected chi connectivity index (χ2v) is 9.38. The summed E-state index contributed by atoms with van der Waals surface area (Å²) in [7, 11) is 1.61. The third-order valence-corrected chi connectivity index (χ3v) is 6.35. The molecule has 1 aromatic heterocycles. The topological polar surface area (TPSA) is 142 Å². The second-order valence-electron chi connectivity index (χ2n) is 9.38. The van der Waals surface area contributed by atoms with Crippen LogP contribution in [0.3, 0.4) is 0 Å². The van der Waals surface area contributed by atoms with E-state index < -0.39 is 22.8 Å². The van der Waals surface area contributed by atoms with Gasteiger partial charge in [0.15, 0.2) is 18.2 Å². The van der Waals surface area contributed by atoms with Gasteiger partial charge >= 0.3 is 5.69 Å². The Morgan fingerprint density at radius 2 is 1.93 bits per heavy atom. The summed E-state index contributed by atoms with van der Waals surface area (Å²) in [6, 6.07) is 15.4. The number of hydrogen-bond acceptors (Lipinski definition) is 9. The number of rotatable bonds is 10. The Labute approximate surface area is 236 Å². The summed E-state index contributed by atoms with van der Waals surface area (Å²) in [5, 5.41) is 25.6. The second kappa shape index (κ2) is 12.3. The smallest absolute Gasteiger partial charge is 0.315 e. The van der Waals surface area contributed by atoms with E-state index in [0.29, 0.717) is 22.3 Å². The van der Waals surface area contributed by atoms with Gasteiger partial charge in [-0.2, -0.15) is 15.0 Å². The molecule has 0 spiro atoms. The molecule has 0 radical (unpaired) electrons. The minimum absolute atomic E-state index is 0.0789. The number of methoxy groups -OCH3 is 1. The highest BCUT2D eigenvalue weighted by Gasteiger charge is 2.23. The maximum Gasteiger partial charge on any atom is 0.315 e. The molecule has 0 unspecified atom stereocenters. The number of aryl methyl sites for hydroxylation is 1. The van der Waals surface area contributed by atoms with Crippen LogP contribution in [0.25, 0.3) is 22.3 Å². The van der Waals surface area contributed by atoms with Gasteiger partial charge in [-0.1, -0.05) is 26.0 Å². The molecule has 11 nitrogen and oxygen atoms in total. The number of benzene rings is 3. The lowest BCUT2D eigenvalue weighted by Crippen LogP contribution is -2.21. The molecule has 0 fully saturated rings. The number of aromatic nitrogens is 2. The van der Waals surface area contributed by atoms with E-state index in [9.17, 15) is 14.9 Å². The summed E-state index contributed by atoms with van der Waals surface area (Å²) in [5.41, 5.74) is 2.44. The van der Waals surface area contributed by atoms with E-state index in [2.05, 4.69) is 5.10 Å². The van der Waals surface area contributed by atoms with Crippen molar-refractivity contribution < 1.29 is 19.1 Å². The lowest BCUT2D eigenvalue weighted by molar-refractivity contribution is -0.385. The third kappa shape index (κ3) is 5.86. The van der Waals surface area contributed by atoms with Crippen LogP contribution in [0.1, 0.15) is 43.4 Å². The predicted octanol–water partition coefficient (Wildman–Crippen LogP) is 5.60. The van der Waals surface area contributed by atoms with Gasteiger partial charge in [-0.15, -0.1) is 0 Å². The van der Waals surface area contributed by atoms with Gasteiger partial charge in [0, 0.05) is 17.2 Å². The summed E-state index contributed by atoms with van der Waals surface area (Å²) >= 11 is 0. The molecule has 4 aromatic rings. The lowest BCUT2D eigenvalue weighted by atomic mass is 9.96. The predicted molar refractivity (Wildman–Crippen MR) is 155 cm³/mol. The molecule has 4 rings (SSSR count). The molecule has 0 bridgehead atoms. The SMILES string of the molecule is CCOc1cc(C=Nn2c(-c3cc(C(C)C)c(OC)cc3C)nc3ccccc3c2=O)cc([N+](=O)[O-])c1OCC#N. The van der Waals surface area contributed by atoms with Gasteiger partial charge in [0.25, 0.3) is 5.56 Å². The summed E-state index contributed by atoms with van der Waals surface area (Å²) in [5.74, 6) is 1.09. The first-order valence-electron chi connectivity index (χ1n) is 12.9. The standard InChI is InChI=1S/C30H29N5O6/c1-6-40-27-15-20(14-25(35(37)38)28(27)41-12-11-31)17-32-34-29(33-24-10-8-7-9-21(24)30(34)36)23-16-22(18(2)3)26(39-5)13-19(23)4/h7-10,13-18H,6,12H2,1-5H3. The van der Waals surface area contributed by atoms with Crippen LogP contribution in [0.5, 0.6) is 17.2 Å². The zero-order valence-electron chi connectivity index (χ0n) is 23.4. The van der Waals surface area contributed by atoms with E-state index in [1.54, 1.807) is 44.4 Å². The van der Waals surface area contributed by atoms with E-state index in [0.717, 1.165) is 16.9 Å². The molecule has 3 aromatic carbocycles. The van der Waals surface area contributed by atoms with Crippen molar-refractivity contribution in [3.8, 4) is 34.7 Å². The summed E-state index contributed by atoms with van der Waals surface area (Å²) in [6.07, 6.45) is 1.33. The molecular weight excluding hydrogens is 526 g/mol. The molecule has 0 aliphatic rings. The normalized spacial score (nSPS) is 11.1. The van der Waals surface area contributed by atoms with Crippen LogP contribution in [0.4, 0.5) is 5.69 Å².